The number of amides is 2. The minimum atomic E-state index is -0.675. The number of carbonyl (C=O) groups is 2. The highest BCUT2D eigenvalue weighted by atomic mass is 19.1. The standard InChI is InChI=1S/C16H23FN2O3/c1-11(2)16(22)19(12(3)15(21)18-8-9-20)10-13-4-6-14(17)7-5-13/h4-7,11-12,20H,8-10H2,1-3H3,(H,18,21)/t12-/m1/s1. The van der Waals surface area contributed by atoms with E-state index in [0.29, 0.717) is 0 Å². The molecule has 0 aliphatic heterocycles. The fourth-order valence-electron chi connectivity index (χ4n) is 1.99. The second kappa shape index (κ2) is 8.48. The predicted molar refractivity (Wildman–Crippen MR) is 81.3 cm³/mol. The van der Waals surface area contributed by atoms with Gasteiger partial charge in [-0.15, -0.1) is 0 Å². The van der Waals surface area contributed by atoms with Gasteiger partial charge in [0, 0.05) is 19.0 Å². The van der Waals surface area contributed by atoms with E-state index in [0.717, 1.165) is 5.56 Å². The van der Waals surface area contributed by atoms with Crippen LogP contribution in [0.15, 0.2) is 24.3 Å². The van der Waals surface area contributed by atoms with E-state index in [4.69, 9.17) is 5.11 Å². The van der Waals surface area contributed by atoms with E-state index in [1.54, 1.807) is 32.9 Å². The summed E-state index contributed by atoms with van der Waals surface area (Å²) in [4.78, 5) is 25.9. The maximum atomic E-state index is 13.0. The normalized spacial score (nSPS) is 12.1. The lowest BCUT2D eigenvalue weighted by atomic mass is 10.1. The molecule has 5 nitrogen and oxygen atoms in total. The zero-order chi connectivity index (χ0) is 16.7. The molecule has 0 spiro atoms. The van der Waals surface area contributed by atoms with Crippen LogP contribution in [0.1, 0.15) is 26.3 Å². The molecule has 0 aliphatic carbocycles. The van der Waals surface area contributed by atoms with Gasteiger partial charge < -0.3 is 15.3 Å². The molecular weight excluding hydrogens is 287 g/mol. The van der Waals surface area contributed by atoms with E-state index >= 15 is 0 Å². The van der Waals surface area contributed by atoms with E-state index in [1.807, 2.05) is 0 Å². The number of nitrogens with zero attached hydrogens (tertiary/aromatic N) is 1. The van der Waals surface area contributed by atoms with Crippen molar-refractivity contribution in [2.75, 3.05) is 13.2 Å². The minimum Gasteiger partial charge on any atom is -0.395 e. The molecule has 6 heteroatoms. The summed E-state index contributed by atoms with van der Waals surface area (Å²) >= 11 is 0. The highest BCUT2D eigenvalue weighted by Crippen LogP contribution is 2.13. The van der Waals surface area contributed by atoms with E-state index in [1.165, 1.54) is 17.0 Å². The molecule has 0 saturated heterocycles. The Hall–Kier alpha value is -1.95. The monoisotopic (exact) mass is 310 g/mol. The maximum absolute atomic E-state index is 13.0. The van der Waals surface area contributed by atoms with E-state index < -0.39 is 6.04 Å². The molecule has 0 aliphatic rings. The van der Waals surface area contributed by atoms with Crippen LogP contribution in [0.5, 0.6) is 0 Å². The molecule has 2 amide bonds. The molecule has 1 rings (SSSR count). The maximum Gasteiger partial charge on any atom is 0.242 e. The van der Waals surface area contributed by atoms with Crippen molar-refractivity contribution in [1.29, 1.82) is 0 Å². The Morgan fingerprint density at radius 2 is 1.82 bits per heavy atom. The van der Waals surface area contributed by atoms with Gasteiger partial charge >= 0.3 is 0 Å². The second-order valence-corrected chi connectivity index (χ2v) is 5.44. The molecule has 1 atom stereocenters. The van der Waals surface area contributed by atoms with Gasteiger partial charge in [0.05, 0.1) is 6.61 Å². The van der Waals surface area contributed by atoms with Crippen LogP contribution in [0.3, 0.4) is 0 Å². The van der Waals surface area contributed by atoms with Crippen molar-refractivity contribution in [2.24, 2.45) is 5.92 Å². The quantitative estimate of drug-likeness (QED) is 0.798. The average Bonchev–Trinajstić information content (AvgIpc) is 2.50. The molecule has 0 saturated carbocycles. The smallest absolute Gasteiger partial charge is 0.242 e. The fourth-order valence-corrected chi connectivity index (χ4v) is 1.99. The fraction of sp³-hybridized carbons (Fsp3) is 0.500. The summed E-state index contributed by atoms with van der Waals surface area (Å²) in [5.74, 6) is -1.09. The summed E-state index contributed by atoms with van der Waals surface area (Å²) in [7, 11) is 0. The highest BCUT2D eigenvalue weighted by molar-refractivity contribution is 5.88. The third kappa shape index (κ3) is 5.11. The van der Waals surface area contributed by atoms with Crippen LogP contribution >= 0.6 is 0 Å². The van der Waals surface area contributed by atoms with Gasteiger partial charge in [0.2, 0.25) is 11.8 Å². The summed E-state index contributed by atoms with van der Waals surface area (Å²) in [6, 6.07) is 5.16. The Balaban J connectivity index is 2.90. The van der Waals surface area contributed by atoms with Crippen molar-refractivity contribution in [3.63, 3.8) is 0 Å². The summed E-state index contributed by atoms with van der Waals surface area (Å²) in [5.41, 5.74) is 0.747. The lowest BCUT2D eigenvalue weighted by Gasteiger charge is -2.30. The van der Waals surface area contributed by atoms with E-state index in [-0.39, 0.29) is 43.2 Å². The Kier molecular flexibility index (Phi) is 6.98. The minimum absolute atomic E-state index is 0.142. The number of rotatable bonds is 7. The van der Waals surface area contributed by atoms with Gasteiger partial charge in [-0.1, -0.05) is 26.0 Å². The number of hydrogen-bond acceptors (Lipinski definition) is 3. The molecule has 1 aromatic rings. The van der Waals surface area contributed by atoms with Crippen LogP contribution < -0.4 is 5.32 Å². The zero-order valence-electron chi connectivity index (χ0n) is 13.2. The third-order valence-corrected chi connectivity index (χ3v) is 3.30. The van der Waals surface area contributed by atoms with Gasteiger partial charge in [0.1, 0.15) is 11.9 Å². The Morgan fingerprint density at radius 3 is 2.32 bits per heavy atom. The van der Waals surface area contributed by atoms with Gasteiger partial charge in [0.25, 0.3) is 0 Å². The largest absolute Gasteiger partial charge is 0.395 e. The predicted octanol–water partition coefficient (Wildman–Crippen LogP) is 1.31. The topological polar surface area (TPSA) is 69.6 Å². The van der Waals surface area contributed by atoms with Crippen LogP contribution in [-0.4, -0.2) is 41.0 Å². The van der Waals surface area contributed by atoms with Crippen LogP contribution in [0.25, 0.3) is 0 Å². The van der Waals surface area contributed by atoms with Crippen molar-refractivity contribution in [1.82, 2.24) is 10.2 Å². The molecule has 122 valence electrons. The van der Waals surface area contributed by atoms with Crippen molar-refractivity contribution in [3.8, 4) is 0 Å². The molecule has 0 unspecified atom stereocenters. The molecule has 1 aromatic carbocycles. The van der Waals surface area contributed by atoms with Crippen LogP contribution in [0, 0.1) is 11.7 Å². The van der Waals surface area contributed by atoms with Gasteiger partial charge in [0.15, 0.2) is 0 Å². The highest BCUT2D eigenvalue weighted by Gasteiger charge is 2.27. The lowest BCUT2D eigenvalue weighted by molar-refractivity contribution is -0.143. The van der Waals surface area contributed by atoms with Gasteiger partial charge in [-0.2, -0.15) is 0 Å². The number of aliphatic hydroxyl groups excluding tert-OH is 1. The zero-order valence-corrected chi connectivity index (χ0v) is 13.2. The Labute approximate surface area is 130 Å². The SMILES string of the molecule is CC(C)C(=O)N(Cc1ccc(F)cc1)[C@H](C)C(=O)NCCO. The Bertz CT molecular complexity index is 503. The molecule has 0 bridgehead atoms. The van der Waals surface area contributed by atoms with Crippen molar-refractivity contribution in [3.05, 3.63) is 35.6 Å². The van der Waals surface area contributed by atoms with Crippen LogP contribution in [-0.2, 0) is 16.1 Å². The summed E-state index contributed by atoms with van der Waals surface area (Å²) in [5, 5.41) is 11.3. The van der Waals surface area contributed by atoms with E-state index in [9.17, 15) is 14.0 Å². The van der Waals surface area contributed by atoms with Crippen molar-refractivity contribution < 1.29 is 19.1 Å². The van der Waals surface area contributed by atoms with Gasteiger partial charge in [-0.05, 0) is 24.6 Å². The summed E-state index contributed by atoms with van der Waals surface area (Å²) in [6.07, 6.45) is 0. The summed E-state index contributed by atoms with van der Waals surface area (Å²) in [6.45, 7) is 5.37. The molecule has 0 radical (unpaired) electrons. The summed E-state index contributed by atoms with van der Waals surface area (Å²) < 4.78 is 13.0. The number of carbonyl (C=O) groups excluding carboxylic acids is 2. The van der Waals surface area contributed by atoms with Gasteiger partial charge in [-0.25, -0.2) is 4.39 Å². The first-order valence-electron chi connectivity index (χ1n) is 7.30. The van der Waals surface area contributed by atoms with Crippen molar-refractivity contribution >= 4 is 11.8 Å². The molecule has 2 N–H and O–H groups in total. The second-order valence-electron chi connectivity index (χ2n) is 5.44. The molecule has 22 heavy (non-hydrogen) atoms. The lowest BCUT2D eigenvalue weighted by Crippen LogP contribution is -2.49. The number of aliphatic hydroxyl groups is 1. The first kappa shape index (κ1) is 18.1. The number of halogens is 1. The number of hydrogen-bond donors (Lipinski definition) is 2. The average molecular weight is 310 g/mol. The van der Waals surface area contributed by atoms with E-state index in [2.05, 4.69) is 5.32 Å². The van der Waals surface area contributed by atoms with Crippen LogP contribution in [0.2, 0.25) is 0 Å². The molecule has 0 fully saturated rings. The molecular formula is C16H23FN2O3. The third-order valence-electron chi connectivity index (χ3n) is 3.30. The van der Waals surface area contributed by atoms with Crippen LogP contribution in [0.4, 0.5) is 4.39 Å². The first-order valence-corrected chi connectivity index (χ1v) is 7.30. The molecule has 0 heterocycles. The Morgan fingerprint density at radius 1 is 1.23 bits per heavy atom. The first-order chi connectivity index (χ1) is 10.4. The van der Waals surface area contributed by atoms with Crippen molar-refractivity contribution in [2.45, 2.75) is 33.4 Å². The number of benzene rings is 1. The van der Waals surface area contributed by atoms with Gasteiger partial charge in [-0.3, -0.25) is 9.59 Å². The number of nitrogens with one attached hydrogen (secondary N) is 1. The molecule has 0 aromatic heterocycles.